The lowest BCUT2D eigenvalue weighted by molar-refractivity contribution is 0.471. The van der Waals surface area contributed by atoms with E-state index < -0.39 is 0 Å². The molecule has 2 aromatic rings. The Labute approximate surface area is 108 Å². The minimum atomic E-state index is 0.234. The summed E-state index contributed by atoms with van der Waals surface area (Å²) in [6.07, 6.45) is 2.36. The van der Waals surface area contributed by atoms with Crippen molar-refractivity contribution >= 4 is 15.9 Å². The highest BCUT2D eigenvalue weighted by Crippen LogP contribution is 2.41. The van der Waals surface area contributed by atoms with Crippen LogP contribution in [-0.2, 0) is 0 Å². The van der Waals surface area contributed by atoms with Gasteiger partial charge in [0.1, 0.15) is 17.2 Å². The molecule has 0 unspecified atom stereocenters. The highest BCUT2D eigenvalue weighted by atomic mass is 79.9. The first-order valence-corrected chi connectivity index (χ1v) is 6.40. The van der Waals surface area contributed by atoms with Crippen LogP contribution in [0.3, 0.4) is 0 Å². The molecule has 0 amide bonds. The van der Waals surface area contributed by atoms with Gasteiger partial charge in [0, 0.05) is 11.5 Å². The number of hydrogen-bond donors (Lipinski definition) is 1. The number of aromatic nitrogens is 1. The Morgan fingerprint density at radius 3 is 2.82 bits per heavy atom. The number of phenols is 1. The number of oxazole rings is 1. The molecule has 3 rings (SSSR count). The summed E-state index contributed by atoms with van der Waals surface area (Å²) in [6.45, 7) is 1.93. The van der Waals surface area contributed by atoms with Gasteiger partial charge in [0.15, 0.2) is 5.89 Å². The molecule has 1 aliphatic rings. The molecule has 0 saturated heterocycles. The lowest BCUT2D eigenvalue weighted by Crippen LogP contribution is -1.82. The maximum absolute atomic E-state index is 9.47. The van der Waals surface area contributed by atoms with E-state index in [4.69, 9.17) is 4.42 Å². The largest absolute Gasteiger partial charge is 0.507 e. The van der Waals surface area contributed by atoms with Gasteiger partial charge < -0.3 is 9.52 Å². The van der Waals surface area contributed by atoms with E-state index in [1.165, 1.54) is 12.8 Å². The van der Waals surface area contributed by atoms with E-state index in [-0.39, 0.29) is 5.75 Å². The zero-order valence-electron chi connectivity index (χ0n) is 9.40. The van der Waals surface area contributed by atoms with Crippen LogP contribution in [0.15, 0.2) is 27.1 Å². The summed E-state index contributed by atoms with van der Waals surface area (Å²) in [5.41, 5.74) is 1.83. The van der Waals surface area contributed by atoms with E-state index in [0.29, 0.717) is 10.4 Å². The van der Waals surface area contributed by atoms with E-state index in [1.54, 1.807) is 6.07 Å². The van der Waals surface area contributed by atoms with Crippen molar-refractivity contribution in [2.75, 3.05) is 0 Å². The van der Waals surface area contributed by atoms with Crippen molar-refractivity contribution in [2.45, 2.75) is 25.7 Å². The Balaban J connectivity index is 2.04. The van der Waals surface area contributed by atoms with E-state index in [2.05, 4.69) is 20.9 Å². The van der Waals surface area contributed by atoms with Crippen molar-refractivity contribution in [3.05, 3.63) is 34.3 Å². The number of benzene rings is 1. The molecule has 0 spiro atoms. The van der Waals surface area contributed by atoms with Crippen LogP contribution in [0.1, 0.15) is 30.4 Å². The van der Waals surface area contributed by atoms with Crippen molar-refractivity contribution in [2.24, 2.45) is 0 Å². The Morgan fingerprint density at radius 1 is 1.41 bits per heavy atom. The second-order valence-corrected chi connectivity index (χ2v) is 5.25. The van der Waals surface area contributed by atoms with Crippen molar-refractivity contribution in [3.63, 3.8) is 0 Å². The molecule has 1 N–H and O–H groups in total. The number of phenolic OH excluding ortho intramolecular Hbond substituents is 1. The zero-order valence-corrected chi connectivity index (χ0v) is 11.0. The smallest absolute Gasteiger partial charge is 0.198 e. The lowest BCUT2D eigenvalue weighted by atomic mass is 10.1. The monoisotopic (exact) mass is 293 g/mol. The summed E-state index contributed by atoms with van der Waals surface area (Å²) in [5.74, 6) is 2.44. The predicted octanol–water partition coefficient (Wildman–Crippen LogP) is 4.00. The van der Waals surface area contributed by atoms with Gasteiger partial charge in [0.05, 0.1) is 4.47 Å². The van der Waals surface area contributed by atoms with Crippen molar-refractivity contribution < 1.29 is 9.52 Å². The fourth-order valence-corrected chi connectivity index (χ4v) is 2.22. The second-order valence-electron chi connectivity index (χ2n) is 4.40. The lowest BCUT2D eigenvalue weighted by Gasteiger charge is -2.00. The normalized spacial score (nSPS) is 15.2. The Hall–Kier alpha value is -1.29. The minimum Gasteiger partial charge on any atom is -0.507 e. The second kappa shape index (κ2) is 3.88. The molecule has 1 aromatic carbocycles. The topological polar surface area (TPSA) is 46.3 Å². The summed E-state index contributed by atoms with van der Waals surface area (Å²) < 4.78 is 6.35. The van der Waals surface area contributed by atoms with Gasteiger partial charge in [0.25, 0.3) is 0 Å². The van der Waals surface area contributed by atoms with Crippen LogP contribution in [0.5, 0.6) is 5.75 Å². The van der Waals surface area contributed by atoms with Crippen LogP contribution >= 0.6 is 15.9 Å². The van der Waals surface area contributed by atoms with Gasteiger partial charge >= 0.3 is 0 Å². The molecule has 17 heavy (non-hydrogen) atoms. The van der Waals surface area contributed by atoms with E-state index in [0.717, 1.165) is 22.9 Å². The Bertz CT molecular complexity index is 573. The fourth-order valence-electron chi connectivity index (χ4n) is 1.84. The standard InChI is InChI=1S/C13H12BrNO2/c1-7-12(15-13(17-7)8-2-3-8)9-4-5-11(16)10(14)6-9/h4-6,8,16H,2-3H2,1H3. The maximum Gasteiger partial charge on any atom is 0.198 e. The van der Waals surface area contributed by atoms with Crippen molar-refractivity contribution in [3.8, 4) is 17.0 Å². The average molecular weight is 294 g/mol. The molecule has 0 radical (unpaired) electrons. The molecule has 4 heteroatoms. The zero-order chi connectivity index (χ0) is 12.0. The van der Waals surface area contributed by atoms with Gasteiger partial charge in [-0.2, -0.15) is 0 Å². The van der Waals surface area contributed by atoms with Gasteiger partial charge in [-0.05, 0) is 53.9 Å². The first-order chi connectivity index (χ1) is 8.15. The number of hydrogen-bond acceptors (Lipinski definition) is 3. The molecule has 0 atom stereocenters. The van der Waals surface area contributed by atoms with Gasteiger partial charge in [-0.15, -0.1) is 0 Å². The van der Waals surface area contributed by atoms with Gasteiger partial charge in [-0.1, -0.05) is 0 Å². The van der Waals surface area contributed by atoms with Gasteiger partial charge in [0.2, 0.25) is 0 Å². The minimum absolute atomic E-state index is 0.234. The van der Waals surface area contributed by atoms with Crippen molar-refractivity contribution in [1.29, 1.82) is 0 Å². The van der Waals surface area contributed by atoms with Crippen LogP contribution < -0.4 is 0 Å². The van der Waals surface area contributed by atoms with E-state index in [1.807, 2.05) is 19.1 Å². The third-order valence-electron chi connectivity index (χ3n) is 2.96. The number of nitrogens with zero attached hydrogens (tertiary/aromatic N) is 1. The maximum atomic E-state index is 9.47. The molecule has 0 aliphatic heterocycles. The van der Waals surface area contributed by atoms with Crippen LogP contribution in [-0.4, -0.2) is 10.1 Å². The van der Waals surface area contributed by atoms with Gasteiger partial charge in [-0.25, -0.2) is 4.98 Å². The first-order valence-electron chi connectivity index (χ1n) is 5.61. The number of aromatic hydroxyl groups is 1. The van der Waals surface area contributed by atoms with Gasteiger partial charge in [-0.3, -0.25) is 0 Å². The van der Waals surface area contributed by atoms with Crippen LogP contribution in [0.25, 0.3) is 11.3 Å². The molecule has 1 fully saturated rings. The van der Waals surface area contributed by atoms with Crippen LogP contribution in [0.2, 0.25) is 0 Å². The Kier molecular flexibility index (Phi) is 2.47. The highest BCUT2D eigenvalue weighted by molar-refractivity contribution is 9.10. The SMILES string of the molecule is Cc1oc(C2CC2)nc1-c1ccc(O)c(Br)c1. The Morgan fingerprint density at radius 2 is 2.18 bits per heavy atom. The first kappa shape index (κ1) is 10.8. The molecule has 1 saturated carbocycles. The molecule has 1 aromatic heterocycles. The molecule has 0 bridgehead atoms. The average Bonchev–Trinajstić information content (AvgIpc) is 3.07. The molecule has 1 heterocycles. The van der Waals surface area contributed by atoms with Crippen molar-refractivity contribution in [1.82, 2.24) is 4.98 Å². The number of rotatable bonds is 2. The molecule has 3 nitrogen and oxygen atoms in total. The molecule has 88 valence electrons. The third-order valence-corrected chi connectivity index (χ3v) is 3.60. The molecular formula is C13H12BrNO2. The third kappa shape index (κ3) is 1.97. The van der Waals surface area contributed by atoms with Crippen LogP contribution in [0.4, 0.5) is 0 Å². The summed E-state index contributed by atoms with van der Waals surface area (Å²) in [7, 11) is 0. The predicted molar refractivity (Wildman–Crippen MR) is 68.0 cm³/mol. The highest BCUT2D eigenvalue weighted by Gasteiger charge is 2.29. The fraction of sp³-hybridized carbons (Fsp3) is 0.308. The number of aryl methyl sites for hydroxylation is 1. The number of halogens is 1. The van der Waals surface area contributed by atoms with E-state index in [9.17, 15) is 5.11 Å². The van der Waals surface area contributed by atoms with E-state index >= 15 is 0 Å². The summed E-state index contributed by atoms with van der Waals surface area (Å²) in [5, 5.41) is 9.47. The summed E-state index contributed by atoms with van der Waals surface area (Å²) in [4.78, 5) is 4.54. The van der Waals surface area contributed by atoms with Crippen LogP contribution in [0, 0.1) is 6.92 Å². The summed E-state index contributed by atoms with van der Waals surface area (Å²) >= 11 is 3.31. The summed E-state index contributed by atoms with van der Waals surface area (Å²) in [6, 6.07) is 5.36. The quantitative estimate of drug-likeness (QED) is 0.910. The molecule has 1 aliphatic carbocycles. The molecular weight excluding hydrogens is 282 g/mol.